The van der Waals surface area contributed by atoms with Crippen LogP contribution < -0.4 is 5.32 Å². The number of benzene rings is 2. The summed E-state index contributed by atoms with van der Waals surface area (Å²) in [7, 11) is 0. The lowest BCUT2D eigenvalue weighted by molar-refractivity contribution is 0.0951. The van der Waals surface area contributed by atoms with Gasteiger partial charge in [-0.15, -0.1) is 0 Å². The molecule has 2 aromatic carbocycles. The van der Waals surface area contributed by atoms with Crippen LogP contribution in [0.3, 0.4) is 0 Å². The van der Waals surface area contributed by atoms with Gasteiger partial charge in [0.15, 0.2) is 0 Å². The van der Waals surface area contributed by atoms with Gasteiger partial charge in [-0.1, -0.05) is 55.8 Å². The largest absolute Gasteiger partial charge is 0.348 e. The molecule has 1 N–H and O–H groups in total. The summed E-state index contributed by atoms with van der Waals surface area (Å²) >= 11 is 0. The Labute approximate surface area is 120 Å². The molecule has 0 heterocycles. The Bertz CT molecular complexity index is 585. The summed E-state index contributed by atoms with van der Waals surface area (Å²) in [6, 6.07) is 16.0. The molecule has 0 aliphatic rings. The van der Waals surface area contributed by atoms with Gasteiger partial charge >= 0.3 is 0 Å². The third-order valence-corrected chi connectivity index (χ3v) is 3.38. The van der Waals surface area contributed by atoms with Crippen LogP contribution in [0.4, 0.5) is 0 Å². The predicted octanol–water partition coefficient (Wildman–Crippen LogP) is 4.05. The zero-order valence-electron chi connectivity index (χ0n) is 12.3. The van der Waals surface area contributed by atoms with E-state index in [1.54, 1.807) is 0 Å². The highest BCUT2D eigenvalue weighted by molar-refractivity contribution is 5.94. The maximum atomic E-state index is 12.1. The highest BCUT2D eigenvalue weighted by Gasteiger charge is 2.06. The smallest absolute Gasteiger partial charge is 0.251 e. The van der Waals surface area contributed by atoms with Crippen LogP contribution in [0.15, 0.2) is 48.5 Å². The van der Waals surface area contributed by atoms with Crippen LogP contribution in [0.1, 0.15) is 46.8 Å². The van der Waals surface area contributed by atoms with Gasteiger partial charge in [0.2, 0.25) is 0 Å². The van der Waals surface area contributed by atoms with Crippen LogP contribution in [0, 0.1) is 6.92 Å². The molecule has 104 valence electrons. The molecule has 0 saturated heterocycles. The molecule has 2 heteroatoms. The van der Waals surface area contributed by atoms with E-state index in [2.05, 4.69) is 38.2 Å². The van der Waals surface area contributed by atoms with E-state index in [-0.39, 0.29) is 5.91 Å². The first kappa shape index (κ1) is 14.3. The molecule has 0 saturated carbocycles. The summed E-state index contributed by atoms with van der Waals surface area (Å²) in [5.74, 6) is 0.459. The molecular weight excluding hydrogens is 246 g/mol. The van der Waals surface area contributed by atoms with Crippen molar-refractivity contribution in [1.82, 2.24) is 5.32 Å². The second-order valence-corrected chi connectivity index (χ2v) is 5.45. The van der Waals surface area contributed by atoms with Crippen LogP contribution in [-0.4, -0.2) is 5.91 Å². The summed E-state index contributed by atoms with van der Waals surface area (Å²) in [6.45, 7) is 6.90. The normalized spacial score (nSPS) is 10.6. The fourth-order valence-electron chi connectivity index (χ4n) is 2.13. The number of nitrogens with one attached hydrogen (secondary N) is 1. The maximum Gasteiger partial charge on any atom is 0.251 e. The van der Waals surface area contributed by atoms with E-state index in [4.69, 9.17) is 0 Å². The van der Waals surface area contributed by atoms with Gasteiger partial charge in [-0.3, -0.25) is 4.79 Å². The Morgan fingerprint density at radius 2 is 1.80 bits per heavy atom. The van der Waals surface area contributed by atoms with Gasteiger partial charge in [0.1, 0.15) is 0 Å². The van der Waals surface area contributed by atoms with Gasteiger partial charge in [-0.25, -0.2) is 0 Å². The molecular formula is C18H21NO. The number of rotatable bonds is 4. The van der Waals surface area contributed by atoms with Crippen molar-refractivity contribution in [2.24, 2.45) is 0 Å². The minimum absolute atomic E-state index is 0.0261. The molecule has 2 aromatic rings. The Balaban J connectivity index is 1.98. The zero-order valence-corrected chi connectivity index (χ0v) is 12.3. The first-order chi connectivity index (χ1) is 9.56. The van der Waals surface area contributed by atoms with Gasteiger partial charge in [0, 0.05) is 12.1 Å². The van der Waals surface area contributed by atoms with E-state index in [1.807, 2.05) is 36.4 Å². The summed E-state index contributed by atoms with van der Waals surface area (Å²) < 4.78 is 0. The molecule has 2 rings (SSSR count). The van der Waals surface area contributed by atoms with Crippen molar-refractivity contribution >= 4 is 5.91 Å². The molecule has 0 aromatic heterocycles. The molecule has 0 spiro atoms. The van der Waals surface area contributed by atoms with Crippen molar-refractivity contribution in [2.45, 2.75) is 33.2 Å². The number of hydrogen-bond acceptors (Lipinski definition) is 1. The van der Waals surface area contributed by atoms with E-state index in [0.717, 1.165) is 5.56 Å². The minimum atomic E-state index is -0.0261. The van der Waals surface area contributed by atoms with E-state index < -0.39 is 0 Å². The average molecular weight is 267 g/mol. The van der Waals surface area contributed by atoms with Crippen LogP contribution in [0.2, 0.25) is 0 Å². The molecule has 0 radical (unpaired) electrons. The lowest BCUT2D eigenvalue weighted by Crippen LogP contribution is -2.22. The monoisotopic (exact) mass is 267 g/mol. The number of aryl methyl sites for hydroxylation is 1. The maximum absolute atomic E-state index is 12.1. The van der Waals surface area contributed by atoms with Crippen molar-refractivity contribution < 1.29 is 4.79 Å². The highest BCUT2D eigenvalue weighted by Crippen LogP contribution is 2.14. The second-order valence-electron chi connectivity index (χ2n) is 5.45. The predicted molar refractivity (Wildman–Crippen MR) is 82.9 cm³/mol. The molecule has 1 amide bonds. The van der Waals surface area contributed by atoms with Gasteiger partial charge < -0.3 is 5.32 Å². The molecule has 0 unspecified atom stereocenters. The van der Waals surface area contributed by atoms with Crippen LogP contribution in [0.5, 0.6) is 0 Å². The summed E-state index contributed by atoms with van der Waals surface area (Å²) in [5, 5.41) is 2.95. The second kappa shape index (κ2) is 6.38. The topological polar surface area (TPSA) is 29.1 Å². The average Bonchev–Trinajstić information content (AvgIpc) is 2.45. The first-order valence-electron chi connectivity index (χ1n) is 7.00. The van der Waals surface area contributed by atoms with Crippen molar-refractivity contribution in [3.05, 3.63) is 70.8 Å². The van der Waals surface area contributed by atoms with Gasteiger partial charge in [-0.05, 0) is 36.1 Å². The van der Waals surface area contributed by atoms with Crippen LogP contribution in [0.25, 0.3) is 0 Å². The molecule has 2 nitrogen and oxygen atoms in total. The van der Waals surface area contributed by atoms with Crippen molar-refractivity contribution in [1.29, 1.82) is 0 Å². The Morgan fingerprint density at radius 3 is 2.40 bits per heavy atom. The van der Waals surface area contributed by atoms with Gasteiger partial charge in [0.05, 0.1) is 0 Å². The summed E-state index contributed by atoms with van der Waals surface area (Å²) in [4.78, 5) is 12.1. The van der Waals surface area contributed by atoms with Crippen LogP contribution in [-0.2, 0) is 6.54 Å². The van der Waals surface area contributed by atoms with Crippen molar-refractivity contribution in [3.8, 4) is 0 Å². The van der Waals surface area contributed by atoms with Gasteiger partial charge in [-0.2, -0.15) is 0 Å². The Hall–Kier alpha value is -2.09. The quantitative estimate of drug-likeness (QED) is 0.889. The van der Waals surface area contributed by atoms with E-state index in [0.29, 0.717) is 18.0 Å². The number of hydrogen-bond donors (Lipinski definition) is 1. The SMILES string of the molecule is Cc1cccc(CNC(=O)c2ccc(C(C)C)cc2)c1. The van der Waals surface area contributed by atoms with E-state index in [1.165, 1.54) is 11.1 Å². The van der Waals surface area contributed by atoms with Crippen molar-refractivity contribution in [2.75, 3.05) is 0 Å². The van der Waals surface area contributed by atoms with Crippen LogP contribution >= 0.6 is 0 Å². The van der Waals surface area contributed by atoms with E-state index >= 15 is 0 Å². The van der Waals surface area contributed by atoms with Crippen molar-refractivity contribution in [3.63, 3.8) is 0 Å². The highest BCUT2D eigenvalue weighted by atomic mass is 16.1. The Morgan fingerprint density at radius 1 is 1.10 bits per heavy atom. The zero-order chi connectivity index (χ0) is 14.5. The molecule has 0 atom stereocenters. The molecule has 0 aliphatic carbocycles. The standard InChI is InChI=1S/C18H21NO/c1-13(2)16-7-9-17(10-8-16)18(20)19-12-15-6-4-5-14(3)11-15/h4-11,13H,12H2,1-3H3,(H,19,20). The van der Waals surface area contributed by atoms with Gasteiger partial charge in [0.25, 0.3) is 5.91 Å². The third-order valence-electron chi connectivity index (χ3n) is 3.38. The minimum Gasteiger partial charge on any atom is -0.348 e. The Kier molecular flexibility index (Phi) is 4.57. The first-order valence-corrected chi connectivity index (χ1v) is 7.00. The fourth-order valence-corrected chi connectivity index (χ4v) is 2.13. The number of carbonyl (C=O) groups excluding carboxylic acids is 1. The molecule has 0 fully saturated rings. The lowest BCUT2D eigenvalue weighted by atomic mass is 10.0. The molecule has 20 heavy (non-hydrogen) atoms. The fraction of sp³-hybridized carbons (Fsp3) is 0.278. The lowest BCUT2D eigenvalue weighted by Gasteiger charge is -2.08. The van der Waals surface area contributed by atoms with E-state index in [9.17, 15) is 4.79 Å². The number of carbonyl (C=O) groups is 1. The summed E-state index contributed by atoms with van der Waals surface area (Å²) in [6.07, 6.45) is 0. The third kappa shape index (κ3) is 3.70. The molecule has 0 aliphatic heterocycles. The summed E-state index contributed by atoms with van der Waals surface area (Å²) in [5.41, 5.74) is 4.29. The number of amides is 1. The molecule has 0 bridgehead atoms.